The molecule has 0 saturated carbocycles. The van der Waals surface area contributed by atoms with Gasteiger partial charge in [0.25, 0.3) is 5.56 Å². The largest absolute Gasteiger partial charge is 0.338 e. The number of hydrogen-bond donors (Lipinski definition) is 1. The van der Waals surface area contributed by atoms with E-state index in [0.717, 1.165) is 18.1 Å². The highest BCUT2D eigenvalue weighted by Gasteiger charge is 2.15. The minimum absolute atomic E-state index is 0.221. The van der Waals surface area contributed by atoms with Crippen LogP contribution in [0.4, 0.5) is 5.95 Å². The zero-order valence-corrected chi connectivity index (χ0v) is 17.0. The van der Waals surface area contributed by atoms with Crippen LogP contribution in [0.3, 0.4) is 0 Å². The Morgan fingerprint density at radius 2 is 1.77 bits per heavy atom. The number of rotatable bonds is 6. The van der Waals surface area contributed by atoms with Crippen molar-refractivity contribution >= 4 is 17.0 Å². The van der Waals surface area contributed by atoms with Gasteiger partial charge in [-0.25, -0.2) is 9.67 Å². The van der Waals surface area contributed by atoms with Crippen LogP contribution in [0.25, 0.3) is 16.7 Å². The summed E-state index contributed by atoms with van der Waals surface area (Å²) in [5.41, 5.74) is 2.35. The van der Waals surface area contributed by atoms with Crippen LogP contribution in [0.2, 0.25) is 0 Å². The molecule has 0 spiro atoms. The molecule has 0 aliphatic heterocycles. The number of nitrogens with zero attached hydrogens (tertiary/aromatic N) is 6. The first-order valence-electron chi connectivity index (χ1n) is 9.97. The Kier molecular flexibility index (Phi) is 4.80. The maximum atomic E-state index is 12.7. The summed E-state index contributed by atoms with van der Waals surface area (Å²) in [6.45, 7) is 1.22. The van der Waals surface area contributed by atoms with E-state index in [9.17, 15) is 4.79 Å². The van der Waals surface area contributed by atoms with E-state index in [1.807, 2.05) is 66.7 Å². The van der Waals surface area contributed by atoms with Crippen molar-refractivity contribution < 1.29 is 0 Å². The monoisotopic (exact) mass is 411 g/mol. The average molecular weight is 411 g/mol. The van der Waals surface area contributed by atoms with Crippen LogP contribution in [0.15, 0.2) is 84.0 Å². The number of H-pyrrole nitrogens is 1. The third kappa shape index (κ3) is 3.71. The molecule has 0 aliphatic carbocycles. The fraction of sp³-hybridized carbons (Fsp3) is 0.130. The summed E-state index contributed by atoms with van der Waals surface area (Å²) in [4.78, 5) is 26.6. The van der Waals surface area contributed by atoms with Gasteiger partial charge in [0.15, 0.2) is 5.65 Å². The maximum Gasteiger partial charge on any atom is 0.263 e. The number of aromatic amines is 1. The molecule has 8 heteroatoms. The van der Waals surface area contributed by atoms with E-state index < -0.39 is 0 Å². The number of fused-ring (bicyclic) bond motifs is 1. The second-order valence-corrected chi connectivity index (χ2v) is 7.33. The van der Waals surface area contributed by atoms with Crippen molar-refractivity contribution in [3.63, 3.8) is 0 Å². The second-order valence-electron chi connectivity index (χ2n) is 7.33. The standard InChI is InChI=1S/C23H21N7O/c1-28(16-20-24-12-13-29(20)15-17-8-4-2-5-9-17)23-26-21-19(22(31)27-23)14-25-30(21)18-10-6-3-7-11-18/h2-14H,15-16H2,1H3,(H,26,27,31). The SMILES string of the molecule is CN(Cc1nccn1Cc1ccccc1)c1nc2c(cnn2-c2ccccc2)c(=O)[nH]1. The van der Waals surface area contributed by atoms with Crippen LogP contribution >= 0.6 is 0 Å². The molecule has 3 heterocycles. The molecule has 0 aliphatic rings. The summed E-state index contributed by atoms with van der Waals surface area (Å²) in [6, 6.07) is 19.9. The molecular formula is C23H21N7O. The van der Waals surface area contributed by atoms with Crippen molar-refractivity contribution in [2.75, 3.05) is 11.9 Å². The Labute approximate surface area is 178 Å². The van der Waals surface area contributed by atoms with Gasteiger partial charge in [-0.15, -0.1) is 0 Å². The topological polar surface area (TPSA) is 84.6 Å². The normalized spacial score (nSPS) is 11.1. The van der Waals surface area contributed by atoms with Gasteiger partial charge in [-0.05, 0) is 17.7 Å². The first kappa shape index (κ1) is 18.8. The van der Waals surface area contributed by atoms with Crippen molar-refractivity contribution in [1.82, 2.24) is 29.3 Å². The fourth-order valence-electron chi connectivity index (χ4n) is 3.55. The van der Waals surface area contributed by atoms with Gasteiger partial charge < -0.3 is 9.47 Å². The highest BCUT2D eigenvalue weighted by Crippen LogP contribution is 2.17. The van der Waals surface area contributed by atoms with E-state index in [1.54, 1.807) is 17.1 Å². The zero-order chi connectivity index (χ0) is 21.2. The molecule has 154 valence electrons. The van der Waals surface area contributed by atoms with E-state index in [-0.39, 0.29) is 5.56 Å². The van der Waals surface area contributed by atoms with Gasteiger partial charge in [0.05, 0.1) is 18.4 Å². The Bertz CT molecular complexity index is 1370. The van der Waals surface area contributed by atoms with E-state index in [0.29, 0.717) is 23.5 Å². The van der Waals surface area contributed by atoms with E-state index >= 15 is 0 Å². The van der Waals surface area contributed by atoms with Gasteiger partial charge >= 0.3 is 0 Å². The van der Waals surface area contributed by atoms with Crippen LogP contribution < -0.4 is 10.5 Å². The first-order chi connectivity index (χ1) is 15.2. The lowest BCUT2D eigenvalue weighted by Gasteiger charge is -2.18. The van der Waals surface area contributed by atoms with E-state index in [4.69, 9.17) is 4.98 Å². The summed E-state index contributed by atoms with van der Waals surface area (Å²) in [6.07, 6.45) is 5.29. The molecule has 0 bridgehead atoms. The molecular weight excluding hydrogens is 390 g/mol. The second kappa shape index (κ2) is 7.91. The predicted molar refractivity (Wildman–Crippen MR) is 119 cm³/mol. The average Bonchev–Trinajstić information content (AvgIpc) is 3.42. The van der Waals surface area contributed by atoms with Gasteiger partial charge in [0.1, 0.15) is 11.2 Å². The first-order valence-corrected chi connectivity index (χ1v) is 9.97. The van der Waals surface area contributed by atoms with Crippen LogP contribution in [0.1, 0.15) is 11.4 Å². The Balaban J connectivity index is 1.45. The highest BCUT2D eigenvalue weighted by atomic mass is 16.1. The van der Waals surface area contributed by atoms with Crippen molar-refractivity contribution in [2.45, 2.75) is 13.1 Å². The molecule has 8 nitrogen and oxygen atoms in total. The highest BCUT2D eigenvalue weighted by molar-refractivity contribution is 5.76. The third-order valence-electron chi connectivity index (χ3n) is 5.16. The molecule has 3 aromatic heterocycles. The smallest absolute Gasteiger partial charge is 0.263 e. The molecule has 0 atom stereocenters. The van der Waals surface area contributed by atoms with Gasteiger partial charge in [-0.1, -0.05) is 48.5 Å². The molecule has 0 fully saturated rings. The van der Waals surface area contributed by atoms with Crippen molar-refractivity contribution in [2.24, 2.45) is 0 Å². The Hall–Kier alpha value is -4.20. The molecule has 31 heavy (non-hydrogen) atoms. The molecule has 5 rings (SSSR count). The number of aromatic nitrogens is 6. The summed E-state index contributed by atoms with van der Waals surface area (Å²) in [5.74, 6) is 1.34. The summed E-state index contributed by atoms with van der Waals surface area (Å²) in [5, 5.41) is 4.81. The van der Waals surface area contributed by atoms with Gasteiger partial charge in [0, 0.05) is 26.0 Å². The van der Waals surface area contributed by atoms with E-state index in [1.165, 1.54) is 5.56 Å². The number of nitrogens with one attached hydrogen (secondary N) is 1. The lowest BCUT2D eigenvalue weighted by Crippen LogP contribution is -2.25. The quantitative estimate of drug-likeness (QED) is 0.464. The molecule has 0 amide bonds. The molecule has 5 aromatic rings. The van der Waals surface area contributed by atoms with Crippen LogP contribution in [0.5, 0.6) is 0 Å². The fourth-order valence-corrected chi connectivity index (χ4v) is 3.55. The van der Waals surface area contributed by atoms with Crippen LogP contribution in [-0.2, 0) is 13.1 Å². The number of imidazole rings is 1. The molecule has 0 saturated heterocycles. The minimum Gasteiger partial charge on any atom is -0.338 e. The third-order valence-corrected chi connectivity index (χ3v) is 5.16. The number of anilines is 1. The molecule has 0 unspecified atom stereocenters. The molecule has 2 aromatic carbocycles. The Morgan fingerprint density at radius 1 is 1.03 bits per heavy atom. The van der Waals surface area contributed by atoms with Crippen molar-refractivity contribution in [3.8, 4) is 5.69 Å². The zero-order valence-electron chi connectivity index (χ0n) is 17.0. The lowest BCUT2D eigenvalue weighted by molar-refractivity contribution is 0.699. The summed E-state index contributed by atoms with van der Waals surface area (Å²) in [7, 11) is 1.88. The summed E-state index contributed by atoms with van der Waals surface area (Å²) >= 11 is 0. The Morgan fingerprint density at radius 3 is 2.55 bits per heavy atom. The van der Waals surface area contributed by atoms with Gasteiger partial charge in [0.2, 0.25) is 5.95 Å². The van der Waals surface area contributed by atoms with Crippen molar-refractivity contribution in [3.05, 3.63) is 101 Å². The number of hydrogen-bond acceptors (Lipinski definition) is 5. The molecule has 1 N–H and O–H groups in total. The van der Waals surface area contributed by atoms with E-state index in [2.05, 4.69) is 31.8 Å². The van der Waals surface area contributed by atoms with Crippen molar-refractivity contribution in [1.29, 1.82) is 0 Å². The van der Waals surface area contributed by atoms with Gasteiger partial charge in [-0.2, -0.15) is 10.1 Å². The maximum absolute atomic E-state index is 12.7. The summed E-state index contributed by atoms with van der Waals surface area (Å²) < 4.78 is 3.77. The number of para-hydroxylation sites is 1. The molecule has 0 radical (unpaired) electrons. The van der Waals surface area contributed by atoms with Crippen LogP contribution in [0, 0.1) is 0 Å². The van der Waals surface area contributed by atoms with Crippen LogP contribution in [-0.4, -0.2) is 36.3 Å². The minimum atomic E-state index is -0.221. The lowest BCUT2D eigenvalue weighted by atomic mass is 10.2. The predicted octanol–water partition coefficient (Wildman–Crippen LogP) is 2.99. The van der Waals surface area contributed by atoms with Gasteiger partial charge in [-0.3, -0.25) is 9.78 Å². The number of benzene rings is 2.